The van der Waals surface area contributed by atoms with Gasteiger partial charge in [-0.1, -0.05) is 11.6 Å². The number of anilines is 1. The number of carbonyl (C=O) groups excluding carboxylic acids is 1. The highest BCUT2D eigenvalue weighted by molar-refractivity contribution is 6.30. The first kappa shape index (κ1) is 14.5. The van der Waals surface area contributed by atoms with Crippen molar-refractivity contribution < 1.29 is 14.7 Å². The number of likely N-dealkylation sites (tertiary alicyclic amines) is 1. The van der Waals surface area contributed by atoms with E-state index in [1.54, 1.807) is 24.3 Å². The van der Waals surface area contributed by atoms with Gasteiger partial charge in [0.15, 0.2) is 0 Å². The molecule has 2 rings (SSSR count). The number of amides is 3. The van der Waals surface area contributed by atoms with E-state index in [0.717, 1.165) is 0 Å². The van der Waals surface area contributed by atoms with Gasteiger partial charge in [-0.2, -0.15) is 0 Å². The molecule has 3 N–H and O–H groups in total. The number of rotatable bonds is 2. The molecular formula is C13H16ClN3O3. The van der Waals surface area contributed by atoms with Crippen molar-refractivity contribution in [1.82, 2.24) is 10.2 Å². The molecule has 0 bridgehead atoms. The third-order valence-electron chi connectivity index (χ3n) is 3.20. The molecule has 0 unspecified atom stereocenters. The molecule has 0 aliphatic carbocycles. The van der Waals surface area contributed by atoms with E-state index < -0.39 is 6.09 Å². The van der Waals surface area contributed by atoms with E-state index in [9.17, 15) is 9.59 Å². The van der Waals surface area contributed by atoms with Crippen molar-refractivity contribution in [2.24, 2.45) is 0 Å². The molecule has 20 heavy (non-hydrogen) atoms. The van der Waals surface area contributed by atoms with Crippen LogP contribution in [0.15, 0.2) is 24.3 Å². The Morgan fingerprint density at radius 3 is 2.35 bits per heavy atom. The van der Waals surface area contributed by atoms with Crippen LogP contribution >= 0.6 is 11.6 Å². The summed E-state index contributed by atoms with van der Waals surface area (Å²) in [6.07, 6.45) is 0.342. The first-order valence-corrected chi connectivity index (χ1v) is 6.73. The van der Waals surface area contributed by atoms with Crippen LogP contribution in [0.3, 0.4) is 0 Å². The van der Waals surface area contributed by atoms with Crippen molar-refractivity contribution in [2.45, 2.75) is 18.9 Å². The fourth-order valence-electron chi connectivity index (χ4n) is 2.10. The number of hydrogen-bond donors (Lipinski definition) is 3. The molecule has 1 aliphatic rings. The highest BCUT2D eigenvalue weighted by atomic mass is 35.5. The Morgan fingerprint density at radius 1 is 1.20 bits per heavy atom. The van der Waals surface area contributed by atoms with Gasteiger partial charge < -0.3 is 20.6 Å². The van der Waals surface area contributed by atoms with Crippen molar-refractivity contribution in [3.63, 3.8) is 0 Å². The molecule has 0 spiro atoms. The van der Waals surface area contributed by atoms with E-state index in [0.29, 0.717) is 36.6 Å². The van der Waals surface area contributed by atoms with Gasteiger partial charge in [0.25, 0.3) is 0 Å². The maximum Gasteiger partial charge on any atom is 0.407 e. The molecule has 1 heterocycles. The molecule has 6 nitrogen and oxygen atoms in total. The number of nitrogens with zero attached hydrogens (tertiary/aromatic N) is 1. The van der Waals surface area contributed by atoms with Crippen LogP contribution in [0.5, 0.6) is 0 Å². The number of hydrogen-bond acceptors (Lipinski definition) is 2. The van der Waals surface area contributed by atoms with Gasteiger partial charge in [0.05, 0.1) is 0 Å². The molecule has 1 aliphatic heterocycles. The van der Waals surface area contributed by atoms with Gasteiger partial charge in [-0.05, 0) is 37.1 Å². The first-order valence-electron chi connectivity index (χ1n) is 6.35. The standard InChI is InChI=1S/C13H16ClN3O3/c14-9-1-3-10(4-2-9)15-12(18)16-11-5-7-17(8-6-11)13(19)20/h1-4,11H,5-8H2,(H,19,20)(H2,15,16,18). The third-order valence-corrected chi connectivity index (χ3v) is 3.45. The average molecular weight is 298 g/mol. The summed E-state index contributed by atoms with van der Waals surface area (Å²) in [6, 6.07) is 6.54. The lowest BCUT2D eigenvalue weighted by molar-refractivity contribution is 0.130. The summed E-state index contributed by atoms with van der Waals surface area (Å²) >= 11 is 5.76. The lowest BCUT2D eigenvalue weighted by Gasteiger charge is -2.30. The van der Waals surface area contributed by atoms with Gasteiger partial charge in [-0.15, -0.1) is 0 Å². The van der Waals surface area contributed by atoms with Crippen molar-refractivity contribution >= 4 is 29.4 Å². The molecule has 0 radical (unpaired) electrons. The van der Waals surface area contributed by atoms with E-state index in [-0.39, 0.29) is 12.1 Å². The number of carbonyl (C=O) groups is 2. The van der Waals surface area contributed by atoms with Crippen LogP contribution in [0.25, 0.3) is 0 Å². The summed E-state index contributed by atoms with van der Waals surface area (Å²) < 4.78 is 0. The maximum atomic E-state index is 11.8. The minimum atomic E-state index is -0.908. The van der Waals surface area contributed by atoms with E-state index in [1.165, 1.54) is 4.90 Å². The van der Waals surface area contributed by atoms with E-state index in [1.807, 2.05) is 0 Å². The van der Waals surface area contributed by atoms with Gasteiger partial charge in [-0.25, -0.2) is 9.59 Å². The van der Waals surface area contributed by atoms with E-state index in [4.69, 9.17) is 16.7 Å². The Balaban J connectivity index is 1.78. The van der Waals surface area contributed by atoms with Gasteiger partial charge in [0, 0.05) is 29.8 Å². The van der Waals surface area contributed by atoms with E-state index >= 15 is 0 Å². The molecule has 1 saturated heterocycles. The Hall–Kier alpha value is -1.95. The Kier molecular flexibility index (Phi) is 4.68. The number of piperidine rings is 1. The predicted molar refractivity (Wildman–Crippen MR) is 76.2 cm³/mol. The van der Waals surface area contributed by atoms with Crippen LogP contribution < -0.4 is 10.6 Å². The highest BCUT2D eigenvalue weighted by Gasteiger charge is 2.23. The molecule has 3 amide bonds. The van der Waals surface area contributed by atoms with Crippen LogP contribution in [0, 0.1) is 0 Å². The van der Waals surface area contributed by atoms with Crippen molar-refractivity contribution in [3.05, 3.63) is 29.3 Å². The second kappa shape index (κ2) is 6.47. The molecule has 0 saturated carbocycles. The van der Waals surface area contributed by atoms with E-state index in [2.05, 4.69) is 10.6 Å². The normalized spacial score (nSPS) is 15.8. The first-order chi connectivity index (χ1) is 9.54. The zero-order chi connectivity index (χ0) is 14.5. The van der Waals surface area contributed by atoms with Gasteiger partial charge in [-0.3, -0.25) is 0 Å². The van der Waals surface area contributed by atoms with Crippen molar-refractivity contribution in [3.8, 4) is 0 Å². The quantitative estimate of drug-likeness (QED) is 0.785. The Morgan fingerprint density at radius 2 is 1.80 bits per heavy atom. The molecule has 1 aromatic carbocycles. The fraction of sp³-hybridized carbons (Fsp3) is 0.385. The van der Waals surface area contributed by atoms with Crippen molar-refractivity contribution in [1.29, 1.82) is 0 Å². The number of benzene rings is 1. The molecule has 1 fully saturated rings. The summed E-state index contributed by atoms with van der Waals surface area (Å²) in [4.78, 5) is 23.9. The summed E-state index contributed by atoms with van der Waals surface area (Å²) in [7, 11) is 0. The summed E-state index contributed by atoms with van der Waals surface area (Å²) in [6.45, 7) is 0.891. The topological polar surface area (TPSA) is 81.7 Å². The third kappa shape index (κ3) is 4.03. The maximum absolute atomic E-state index is 11.8. The summed E-state index contributed by atoms with van der Waals surface area (Å²) in [5, 5.41) is 15.0. The van der Waals surface area contributed by atoms with Crippen LogP contribution in [-0.2, 0) is 0 Å². The lowest BCUT2D eigenvalue weighted by Crippen LogP contribution is -2.47. The SMILES string of the molecule is O=C(Nc1ccc(Cl)cc1)NC1CCN(C(=O)O)CC1. The molecule has 7 heteroatoms. The smallest absolute Gasteiger partial charge is 0.407 e. The highest BCUT2D eigenvalue weighted by Crippen LogP contribution is 2.14. The molecule has 108 valence electrons. The summed E-state index contributed by atoms with van der Waals surface area (Å²) in [5.74, 6) is 0. The average Bonchev–Trinajstić information content (AvgIpc) is 2.42. The number of halogens is 1. The van der Waals surface area contributed by atoms with Crippen LogP contribution in [-0.4, -0.2) is 41.3 Å². The lowest BCUT2D eigenvalue weighted by atomic mass is 10.1. The Bertz CT molecular complexity index is 484. The molecule has 1 aromatic rings. The Labute approximate surface area is 121 Å². The fourth-order valence-corrected chi connectivity index (χ4v) is 2.23. The van der Waals surface area contributed by atoms with Crippen LogP contribution in [0.2, 0.25) is 5.02 Å². The number of urea groups is 1. The second-order valence-electron chi connectivity index (χ2n) is 4.65. The predicted octanol–water partition coefficient (Wildman–Crippen LogP) is 2.60. The number of carboxylic acid groups (broad SMARTS) is 1. The van der Waals surface area contributed by atoms with Gasteiger partial charge >= 0.3 is 12.1 Å². The zero-order valence-corrected chi connectivity index (χ0v) is 11.6. The molecule has 0 aromatic heterocycles. The van der Waals surface area contributed by atoms with Gasteiger partial charge in [0.1, 0.15) is 0 Å². The monoisotopic (exact) mass is 297 g/mol. The van der Waals surface area contributed by atoms with Crippen LogP contribution in [0.4, 0.5) is 15.3 Å². The summed E-state index contributed by atoms with van der Waals surface area (Å²) in [5.41, 5.74) is 0.662. The molecule has 0 atom stereocenters. The minimum absolute atomic E-state index is 0.00194. The minimum Gasteiger partial charge on any atom is -0.465 e. The second-order valence-corrected chi connectivity index (χ2v) is 5.09. The zero-order valence-electron chi connectivity index (χ0n) is 10.8. The largest absolute Gasteiger partial charge is 0.465 e. The van der Waals surface area contributed by atoms with Crippen molar-refractivity contribution in [2.75, 3.05) is 18.4 Å². The van der Waals surface area contributed by atoms with Gasteiger partial charge in [0.2, 0.25) is 0 Å². The molecular weight excluding hydrogens is 282 g/mol. The number of nitrogens with one attached hydrogen (secondary N) is 2. The van der Waals surface area contributed by atoms with Crippen LogP contribution in [0.1, 0.15) is 12.8 Å².